The topological polar surface area (TPSA) is 92.4 Å². The number of amides is 1. The van der Waals surface area contributed by atoms with Crippen molar-refractivity contribution in [1.29, 1.82) is 0 Å². The number of hydrogen-bond acceptors (Lipinski definition) is 3. The molecule has 0 aliphatic carbocycles. The van der Waals surface area contributed by atoms with Crippen molar-refractivity contribution in [3.8, 4) is 0 Å². The van der Waals surface area contributed by atoms with Gasteiger partial charge in [0.05, 0.1) is 0 Å². The lowest BCUT2D eigenvalue weighted by atomic mass is 9.92. The Hall–Kier alpha value is -1.10. The van der Waals surface area contributed by atoms with Gasteiger partial charge in [-0.25, -0.2) is 0 Å². The number of nitrogens with one attached hydrogen (secondary N) is 1. The van der Waals surface area contributed by atoms with Crippen molar-refractivity contribution in [3.63, 3.8) is 0 Å². The number of carboxylic acids is 1. The van der Waals surface area contributed by atoms with E-state index >= 15 is 0 Å². The molecule has 0 aromatic heterocycles. The monoisotopic (exact) mass is 216 g/mol. The second-order valence-corrected chi connectivity index (χ2v) is 4.82. The molecular weight excluding hydrogens is 196 g/mol. The van der Waals surface area contributed by atoms with Gasteiger partial charge in [-0.3, -0.25) is 9.59 Å². The van der Waals surface area contributed by atoms with Crippen LogP contribution in [-0.2, 0) is 9.59 Å². The van der Waals surface area contributed by atoms with E-state index in [1.807, 2.05) is 20.8 Å². The molecular formula is C10H20N2O3. The maximum absolute atomic E-state index is 11.3. The highest BCUT2D eigenvalue weighted by Crippen LogP contribution is 2.17. The summed E-state index contributed by atoms with van der Waals surface area (Å²) in [6.45, 7) is 6.21. The van der Waals surface area contributed by atoms with E-state index in [4.69, 9.17) is 10.8 Å². The van der Waals surface area contributed by atoms with Crippen LogP contribution in [0.25, 0.3) is 0 Å². The fraction of sp³-hybridized carbons (Fsp3) is 0.800. The van der Waals surface area contributed by atoms with Crippen LogP contribution >= 0.6 is 0 Å². The van der Waals surface area contributed by atoms with E-state index in [0.29, 0.717) is 13.0 Å². The number of carbonyl (C=O) groups is 2. The quantitative estimate of drug-likeness (QED) is 0.618. The van der Waals surface area contributed by atoms with Gasteiger partial charge in [-0.05, 0) is 11.8 Å². The van der Waals surface area contributed by atoms with Gasteiger partial charge in [-0.2, -0.15) is 0 Å². The summed E-state index contributed by atoms with van der Waals surface area (Å²) in [5.74, 6) is -1.11. The Morgan fingerprint density at radius 1 is 1.40 bits per heavy atom. The Bertz CT molecular complexity index is 233. The fourth-order valence-electron chi connectivity index (χ4n) is 1.03. The van der Waals surface area contributed by atoms with Gasteiger partial charge in [0, 0.05) is 13.0 Å². The summed E-state index contributed by atoms with van der Waals surface area (Å²) in [7, 11) is 0. The molecule has 5 heteroatoms. The summed E-state index contributed by atoms with van der Waals surface area (Å²) in [6, 6.07) is -0.903. The first-order valence-corrected chi connectivity index (χ1v) is 4.97. The summed E-state index contributed by atoms with van der Waals surface area (Å²) >= 11 is 0. The van der Waals surface area contributed by atoms with Crippen LogP contribution in [0.4, 0.5) is 0 Å². The number of carboxylic acid groups (broad SMARTS) is 1. The highest BCUT2D eigenvalue weighted by atomic mass is 16.4. The molecule has 0 aromatic carbocycles. The lowest BCUT2D eigenvalue weighted by molar-refractivity contribution is -0.138. The van der Waals surface area contributed by atoms with Crippen LogP contribution in [0.15, 0.2) is 0 Å². The Morgan fingerprint density at radius 2 is 1.93 bits per heavy atom. The zero-order chi connectivity index (χ0) is 12.1. The first-order chi connectivity index (χ1) is 6.72. The minimum atomic E-state index is -1.04. The molecule has 1 amide bonds. The largest absolute Gasteiger partial charge is 0.480 e. The van der Waals surface area contributed by atoms with Crippen LogP contribution in [0.3, 0.4) is 0 Å². The third-order valence-electron chi connectivity index (χ3n) is 1.79. The van der Waals surface area contributed by atoms with Gasteiger partial charge in [0.25, 0.3) is 0 Å². The SMILES string of the molecule is CC(C)(C)CC(=O)NCC[C@H](N)C(=O)O. The normalized spacial score (nSPS) is 13.3. The predicted octanol–water partition coefficient (Wildman–Crippen LogP) is 0.341. The number of hydrogen-bond donors (Lipinski definition) is 3. The van der Waals surface area contributed by atoms with Crippen molar-refractivity contribution < 1.29 is 14.7 Å². The highest BCUT2D eigenvalue weighted by Gasteiger charge is 2.16. The maximum atomic E-state index is 11.3. The smallest absolute Gasteiger partial charge is 0.320 e. The second-order valence-electron chi connectivity index (χ2n) is 4.82. The van der Waals surface area contributed by atoms with Crippen molar-refractivity contribution in [2.24, 2.45) is 11.1 Å². The highest BCUT2D eigenvalue weighted by molar-refractivity contribution is 5.76. The number of nitrogens with two attached hydrogens (primary N) is 1. The Morgan fingerprint density at radius 3 is 2.33 bits per heavy atom. The lowest BCUT2D eigenvalue weighted by Gasteiger charge is -2.17. The molecule has 0 aliphatic rings. The summed E-state index contributed by atoms with van der Waals surface area (Å²) in [4.78, 5) is 21.7. The summed E-state index contributed by atoms with van der Waals surface area (Å²) in [5, 5.41) is 11.1. The second kappa shape index (κ2) is 5.70. The molecule has 15 heavy (non-hydrogen) atoms. The molecule has 4 N–H and O–H groups in total. The van der Waals surface area contributed by atoms with Crippen molar-refractivity contribution in [2.75, 3.05) is 6.54 Å². The molecule has 0 radical (unpaired) electrons. The predicted molar refractivity (Wildman–Crippen MR) is 57.3 cm³/mol. The Kier molecular flexibility index (Phi) is 5.28. The molecule has 0 rings (SSSR count). The number of carbonyl (C=O) groups excluding carboxylic acids is 1. The molecule has 0 unspecified atom stereocenters. The molecule has 0 bridgehead atoms. The van der Waals surface area contributed by atoms with Gasteiger partial charge < -0.3 is 16.2 Å². The van der Waals surface area contributed by atoms with Crippen LogP contribution < -0.4 is 11.1 Å². The van der Waals surface area contributed by atoms with Gasteiger partial charge in [-0.15, -0.1) is 0 Å². The average molecular weight is 216 g/mol. The van der Waals surface area contributed by atoms with Gasteiger partial charge in [-0.1, -0.05) is 20.8 Å². The van der Waals surface area contributed by atoms with Crippen molar-refractivity contribution in [1.82, 2.24) is 5.32 Å². The first-order valence-electron chi connectivity index (χ1n) is 4.97. The molecule has 0 aromatic rings. The number of rotatable bonds is 5. The zero-order valence-corrected chi connectivity index (χ0v) is 9.54. The summed E-state index contributed by atoms with van der Waals surface area (Å²) in [6.07, 6.45) is 0.681. The molecule has 0 spiro atoms. The van der Waals surface area contributed by atoms with E-state index in [2.05, 4.69) is 5.32 Å². The summed E-state index contributed by atoms with van der Waals surface area (Å²) in [5.41, 5.74) is 5.22. The molecule has 0 saturated heterocycles. The Labute approximate surface area is 90.0 Å². The van der Waals surface area contributed by atoms with Crippen LogP contribution in [-0.4, -0.2) is 29.6 Å². The minimum Gasteiger partial charge on any atom is -0.480 e. The molecule has 88 valence electrons. The van der Waals surface area contributed by atoms with Crippen LogP contribution in [0.5, 0.6) is 0 Å². The molecule has 0 saturated carbocycles. The molecule has 0 fully saturated rings. The number of aliphatic carboxylic acids is 1. The van der Waals surface area contributed by atoms with Crippen LogP contribution in [0.1, 0.15) is 33.6 Å². The van der Waals surface area contributed by atoms with Crippen molar-refractivity contribution >= 4 is 11.9 Å². The van der Waals surface area contributed by atoms with Crippen molar-refractivity contribution in [3.05, 3.63) is 0 Å². The van der Waals surface area contributed by atoms with Gasteiger partial charge in [0.1, 0.15) is 6.04 Å². The molecule has 0 aliphatic heterocycles. The molecule has 5 nitrogen and oxygen atoms in total. The third kappa shape index (κ3) is 7.93. The summed E-state index contributed by atoms with van der Waals surface area (Å²) < 4.78 is 0. The van der Waals surface area contributed by atoms with E-state index in [1.54, 1.807) is 0 Å². The zero-order valence-electron chi connectivity index (χ0n) is 9.54. The van der Waals surface area contributed by atoms with Crippen LogP contribution in [0.2, 0.25) is 0 Å². The van der Waals surface area contributed by atoms with E-state index in [-0.39, 0.29) is 17.7 Å². The van der Waals surface area contributed by atoms with Crippen molar-refractivity contribution in [2.45, 2.75) is 39.7 Å². The Balaban J connectivity index is 3.69. The van der Waals surface area contributed by atoms with E-state index in [1.165, 1.54) is 0 Å². The maximum Gasteiger partial charge on any atom is 0.320 e. The van der Waals surface area contributed by atoms with Gasteiger partial charge in [0.15, 0.2) is 0 Å². The average Bonchev–Trinajstić information content (AvgIpc) is 2.00. The lowest BCUT2D eigenvalue weighted by Crippen LogP contribution is -2.36. The fourth-order valence-corrected chi connectivity index (χ4v) is 1.03. The van der Waals surface area contributed by atoms with E-state index in [9.17, 15) is 9.59 Å². The van der Waals surface area contributed by atoms with Gasteiger partial charge >= 0.3 is 5.97 Å². The third-order valence-corrected chi connectivity index (χ3v) is 1.79. The van der Waals surface area contributed by atoms with Crippen LogP contribution in [0, 0.1) is 5.41 Å². The molecule has 1 atom stereocenters. The standard InChI is InChI=1S/C10H20N2O3/c1-10(2,3)6-8(13)12-5-4-7(11)9(14)15/h7H,4-6,11H2,1-3H3,(H,12,13)(H,14,15)/t7-/m0/s1. The van der Waals surface area contributed by atoms with E-state index in [0.717, 1.165) is 0 Å². The minimum absolute atomic E-state index is 0.0566. The van der Waals surface area contributed by atoms with Gasteiger partial charge in [0.2, 0.25) is 5.91 Å². The molecule has 0 heterocycles. The first kappa shape index (κ1) is 13.9. The van der Waals surface area contributed by atoms with E-state index < -0.39 is 12.0 Å².